The van der Waals surface area contributed by atoms with E-state index < -0.39 is 12.5 Å². The molecule has 0 radical (unpaired) electrons. The van der Waals surface area contributed by atoms with E-state index in [0.717, 1.165) is 17.2 Å². The van der Waals surface area contributed by atoms with E-state index in [1.54, 1.807) is 30.3 Å². The Morgan fingerprint density at radius 1 is 1.14 bits per heavy atom. The number of hydrogen-bond donors (Lipinski definition) is 2. The highest BCUT2D eigenvalue weighted by molar-refractivity contribution is 7.99. The van der Waals surface area contributed by atoms with Gasteiger partial charge in [-0.15, -0.1) is 11.8 Å². The van der Waals surface area contributed by atoms with E-state index in [0.29, 0.717) is 33.0 Å². The molecule has 0 bridgehead atoms. The van der Waals surface area contributed by atoms with Crippen molar-refractivity contribution in [3.63, 3.8) is 0 Å². The molecule has 4 aromatic rings. The maximum atomic E-state index is 12.9. The lowest BCUT2D eigenvalue weighted by atomic mass is 9.95. The van der Waals surface area contributed by atoms with Gasteiger partial charge in [0, 0.05) is 28.2 Å². The van der Waals surface area contributed by atoms with Gasteiger partial charge in [-0.05, 0) is 54.7 Å². The monoisotopic (exact) mass is 527 g/mol. The number of ether oxygens (including phenoxy) is 1. The van der Waals surface area contributed by atoms with Crippen LogP contribution >= 0.6 is 23.4 Å². The first-order valence-electron chi connectivity index (χ1n) is 11.6. The lowest BCUT2D eigenvalue weighted by molar-refractivity contribution is -0.118. The third kappa shape index (κ3) is 5.65. The van der Waals surface area contributed by atoms with Crippen LogP contribution < -0.4 is 10.5 Å². The second-order valence-corrected chi connectivity index (χ2v) is 10.4. The summed E-state index contributed by atoms with van der Waals surface area (Å²) in [6, 6.07) is 18.0. The van der Waals surface area contributed by atoms with Gasteiger partial charge in [0.25, 0.3) is 0 Å². The topological polar surface area (TPSA) is 81.0 Å². The second kappa shape index (κ2) is 10.5. The highest BCUT2D eigenvalue weighted by Gasteiger charge is 2.23. The fraction of sp³-hybridized carbons (Fsp3) is 0.259. The zero-order valence-corrected chi connectivity index (χ0v) is 20.8. The first-order chi connectivity index (χ1) is 17.4. The number of carbonyl (C=O) groups excluding carboxylic acids is 1. The highest BCUT2D eigenvalue weighted by Crippen LogP contribution is 2.39. The van der Waals surface area contributed by atoms with Crippen LogP contribution in [0.4, 0.5) is 8.78 Å². The van der Waals surface area contributed by atoms with Crippen molar-refractivity contribution in [3.8, 4) is 16.9 Å². The number of amides is 1. The van der Waals surface area contributed by atoms with Crippen LogP contribution in [-0.4, -0.2) is 28.2 Å². The zero-order chi connectivity index (χ0) is 25.2. The van der Waals surface area contributed by atoms with Gasteiger partial charge in [0.2, 0.25) is 5.91 Å². The Hall–Kier alpha value is -3.10. The molecule has 186 valence electrons. The standard InChI is InChI=1S/C27H24ClF2N3O2S/c28-21-13-23-22(11-20(21)18-3-1-2-4-24(18)35-27(29)30)32-26(33-23)19(12-25(31)34)16-7-9-17(10-8-16)36-14-15-5-6-15/h1-4,7-11,13,15,19,27H,5-6,12,14H2,(H2,31,34)(H,32,33). The molecule has 5 nitrogen and oxygen atoms in total. The molecule has 1 saturated carbocycles. The molecule has 1 amide bonds. The molecule has 0 spiro atoms. The number of primary amides is 1. The summed E-state index contributed by atoms with van der Waals surface area (Å²) in [6.45, 7) is -2.96. The minimum Gasteiger partial charge on any atom is -0.434 e. The zero-order valence-electron chi connectivity index (χ0n) is 19.2. The minimum absolute atomic E-state index is 0.0239. The number of halogens is 3. The smallest absolute Gasteiger partial charge is 0.387 e. The Morgan fingerprint density at radius 2 is 1.89 bits per heavy atom. The van der Waals surface area contributed by atoms with Crippen LogP contribution in [-0.2, 0) is 4.79 Å². The predicted molar refractivity (Wildman–Crippen MR) is 139 cm³/mol. The van der Waals surface area contributed by atoms with Gasteiger partial charge in [-0.25, -0.2) is 4.98 Å². The van der Waals surface area contributed by atoms with Crippen molar-refractivity contribution in [2.24, 2.45) is 11.7 Å². The maximum Gasteiger partial charge on any atom is 0.387 e. The molecule has 1 aliphatic carbocycles. The van der Waals surface area contributed by atoms with Gasteiger partial charge in [0.1, 0.15) is 11.6 Å². The van der Waals surface area contributed by atoms with Gasteiger partial charge in [-0.2, -0.15) is 8.78 Å². The summed E-state index contributed by atoms with van der Waals surface area (Å²) in [5.74, 6) is 1.75. The van der Waals surface area contributed by atoms with Crippen LogP contribution in [0, 0.1) is 5.92 Å². The molecule has 1 aromatic heterocycles. The number of nitrogens with one attached hydrogen (secondary N) is 1. The van der Waals surface area contributed by atoms with Gasteiger partial charge in [-0.1, -0.05) is 41.9 Å². The van der Waals surface area contributed by atoms with E-state index >= 15 is 0 Å². The van der Waals surface area contributed by atoms with Crippen molar-refractivity contribution in [3.05, 3.63) is 77.1 Å². The van der Waals surface area contributed by atoms with E-state index in [1.807, 2.05) is 23.9 Å². The molecule has 0 saturated heterocycles. The number of nitrogens with two attached hydrogens (primary N) is 1. The number of para-hydroxylation sites is 1. The van der Waals surface area contributed by atoms with Gasteiger partial charge < -0.3 is 15.5 Å². The molecule has 3 aromatic carbocycles. The highest BCUT2D eigenvalue weighted by atomic mass is 35.5. The van der Waals surface area contributed by atoms with Crippen molar-refractivity contribution >= 4 is 40.3 Å². The van der Waals surface area contributed by atoms with Gasteiger partial charge in [0.15, 0.2) is 0 Å². The van der Waals surface area contributed by atoms with Crippen LogP contribution in [0.25, 0.3) is 22.2 Å². The SMILES string of the molecule is NC(=O)CC(c1ccc(SCC2CC2)cc1)c1nc2cc(-c3ccccc3OC(F)F)c(Cl)cc2[nH]1. The number of imidazole rings is 1. The molecular formula is C27H24ClF2N3O2S. The van der Waals surface area contributed by atoms with E-state index in [2.05, 4.69) is 21.9 Å². The number of hydrogen-bond acceptors (Lipinski definition) is 4. The number of aromatic nitrogens is 2. The minimum atomic E-state index is -2.96. The molecule has 1 aliphatic rings. The number of rotatable bonds is 10. The fourth-order valence-corrected chi connectivity index (χ4v) is 5.53. The number of aromatic amines is 1. The molecule has 1 unspecified atom stereocenters. The lowest BCUT2D eigenvalue weighted by Crippen LogP contribution is -2.17. The summed E-state index contributed by atoms with van der Waals surface area (Å²) in [4.78, 5) is 21.1. The van der Waals surface area contributed by atoms with Crippen molar-refractivity contribution in [1.29, 1.82) is 0 Å². The number of thioether (sulfide) groups is 1. The lowest BCUT2D eigenvalue weighted by Gasteiger charge is -2.14. The Bertz CT molecular complexity index is 1390. The van der Waals surface area contributed by atoms with Crippen molar-refractivity contribution in [2.75, 3.05) is 5.75 Å². The number of alkyl halides is 2. The van der Waals surface area contributed by atoms with Crippen LogP contribution in [0.15, 0.2) is 65.6 Å². The Balaban J connectivity index is 1.48. The quantitative estimate of drug-likeness (QED) is 0.218. The average Bonchev–Trinajstić information content (AvgIpc) is 3.59. The number of benzene rings is 3. The molecule has 1 atom stereocenters. The molecule has 9 heteroatoms. The molecule has 3 N–H and O–H groups in total. The summed E-state index contributed by atoms with van der Waals surface area (Å²) in [5.41, 5.74) is 8.70. The largest absolute Gasteiger partial charge is 0.434 e. The second-order valence-electron chi connectivity index (χ2n) is 8.89. The Morgan fingerprint density at radius 3 is 2.58 bits per heavy atom. The van der Waals surface area contributed by atoms with Crippen LogP contribution in [0.5, 0.6) is 5.75 Å². The third-order valence-electron chi connectivity index (χ3n) is 6.18. The first-order valence-corrected chi connectivity index (χ1v) is 13.0. The summed E-state index contributed by atoms with van der Waals surface area (Å²) in [6.07, 6.45) is 2.71. The average molecular weight is 528 g/mol. The molecule has 36 heavy (non-hydrogen) atoms. The fourth-order valence-electron chi connectivity index (χ4n) is 4.18. The van der Waals surface area contributed by atoms with E-state index in [4.69, 9.17) is 22.3 Å². The molecule has 5 rings (SSSR count). The molecule has 0 aliphatic heterocycles. The first kappa shape index (κ1) is 24.6. The Kier molecular flexibility index (Phi) is 7.16. The van der Waals surface area contributed by atoms with E-state index in [-0.39, 0.29) is 18.1 Å². The number of carbonyl (C=O) groups is 1. The van der Waals surface area contributed by atoms with Crippen molar-refractivity contribution < 1.29 is 18.3 Å². The number of nitrogens with zero attached hydrogens (tertiary/aromatic N) is 1. The number of H-pyrrole nitrogens is 1. The maximum absolute atomic E-state index is 12.9. The predicted octanol–water partition coefficient (Wildman–Crippen LogP) is 6.99. The normalized spacial score (nSPS) is 14.3. The van der Waals surface area contributed by atoms with E-state index in [1.165, 1.54) is 23.8 Å². The van der Waals surface area contributed by atoms with Gasteiger partial charge >= 0.3 is 6.61 Å². The molecular weight excluding hydrogens is 504 g/mol. The van der Waals surface area contributed by atoms with Crippen LogP contribution in [0.1, 0.15) is 36.6 Å². The summed E-state index contributed by atoms with van der Waals surface area (Å²) >= 11 is 8.39. The molecule has 1 fully saturated rings. The van der Waals surface area contributed by atoms with Crippen molar-refractivity contribution in [2.45, 2.75) is 36.7 Å². The van der Waals surface area contributed by atoms with Crippen LogP contribution in [0.3, 0.4) is 0 Å². The summed E-state index contributed by atoms with van der Waals surface area (Å²) in [5, 5.41) is 0.353. The van der Waals surface area contributed by atoms with Gasteiger partial charge in [0.05, 0.1) is 22.0 Å². The summed E-state index contributed by atoms with van der Waals surface area (Å²) < 4.78 is 30.5. The van der Waals surface area contributed by atoms with Crippen molar-refractivity contribution in [1.82, 2.24) is 9.97 Å². The van der Waals surface area contributed by atoms with E-state index in [9.17, 15) is 13.6 Å². The summed E-state index contributed by atoms with van der Waals surface area (Å²) in [7, 11) is 0. The van der Waals surface area contributed by atoms with Crippen LogP contribution in [0.2, 0.25) is 5.02 Å². The van der Waals surface area contributed by atoms with Gasteiger partial charge in [-0.3, -0.25) is 4.79 Å². The molecule has 1 heterocycles. The Labute approximate surface area is 216 Å². The third-order valence-corrected chi connectivity index (χ3v) is 7.74. The number of fused-ring (bicyclic) bond motifs is 1.